The van der Waals surface area contributed by atoms with Gasteiger partial charge in [0.2, 0.25) is 0 Å². The van der Waals surface area contributed by atoms with Crippen molar-refractivity contribution in [3.8, 4) is 0 Å². The molecule has 2 N–H and O–H groups in total. The molecule has 5 heteroatoms. The molecule has 0 amide bonds. The van der Waals surface area contributed by atoms with Gasteiger partial charge in [0.05, 0.1) is 0 Å². The van der Waals surface area contributed by atoms with Crippen molar-refractivity contribution in [3.63, 3.8) is 0 Å². The van der Waals surface area contributed by atoms with Gasteiger partial charge in [-0.3, -0.25) is 0 Å². The van der Waals surface area contributed by atoms with Crippen LogP contribution in [0.4, 0.5) is 0 Å². The van der Waals surface area contributed by atoms with E-state index in [9.17, 15) is 5.11 Å². The molecule has 2 heterocycles. The molecule has 2 aliphatic rings. The largest absolute Gasteiger partial charge is 0.379 e. The summed E-state index contributed by atoms with van der Waals surface area (Å²) in [7, 11) is 0. The molecule has 0 bridgehead atoms. The normalized spacial score (nSPS) is 30.9. The molecule has 5 nitrogen and oxygen atoms in total. The molecule has 1 unspecified atom stereocenters. The SMILES string of the molecule is OC1(c2nc(C3CCCCC3)no2)CCNC1. The molecule has 1 aliphatic carbocycles. The minimum Gasteiger partial charge on any atom is -0.379 e. The lowest BCUT2D eigenvalue weighted by Crippen LogP contribution is -2.28. The first-order valence-corrected chi connectivity index (χ1v) is 6.55. The number of aliphatic hydroxyl groups is 1. The van der Waals surface area contributed by atoms with Gasteiger partial charge in [-0.2, -0.15) is 4.98 Å². The van der Waals surface area contributed by atoms with E-state index in [0.29, 0.717) is 24.8 Å². The highest BCUT2D eigenvalue weighted by Crippen LogP contribution is 2.33. The quantitative estimate of drug-likeness (QED) is 0.811. The van der Waals surface area contributed by atoms with Crippen molar-refractivity contribution in [1.29, 1.82) is 0 Å². The summed E-state index contributed by atoms with van der Waals surface area (Å²) in [5.74, 6) is 1.61. The van der Waals surface area contributed by atoms with Gasteiger partial charge in [-0.15, -0.1) is 0 Å². The van der Waals surface area contributed by atoms with Crippen LogP contribution in [0.3, 0.4) is 0 Å². The molecule has 94 valence electrons. The first kappa shape index (κ1) is 11.2. The minimum atomic E-state index is -0.945. The van der Waals surface area contributed by atoms with Gasteiger partial charge in [-0.25, -0.2) is 0 Å². The van der Waals surface area contributed by atoms with Gasteiger partial charge in [0.1, 0.15) is 0 Å². The second kappa shape index (κ2) is 4.38. The zero-order valence-electron chi connectivity index (χ0n) is 9.98. The lowest BCUT2D eigenvalue weighted by atomic mass is 9.89. The third-order valence-electron chi connectivity index (χ3n) is 3.94. The number of rotatable bonds is 2. The Morgan fingerprint density at radius 2 is 2.12 bits per heavy atom. The Morgan fingerprint density at radius 3 is 2.82 bits per heavy atom. The Kier molecular flexibility index (Phi) is 2.88. The molecular weight excluding hydrogens is 218 g/mol. The first-order chi connectivity index (χ1) is 8.28. The maximum Gasteiger partial charge on any atom is 0.259 e. The molecule has 1 saturated heterocycles. The van der Waals surface area contributed by atoms with E-state index < -0.39 is 5.60 Å². The third-order valence-corrected chi connectivity index (χ3v) is 3.94. The molecule has 2 fully saturated rings. The van der Waals surface area contributed by atoms with Crippen molar-refractivity contribution in [2.75, 3.05) is 13.1 Å². The molecule has 1 aliphatic heterocycles. The van der Waals surface area contributed by atoms with E-state index in [-0.39, 0.29) is 0 Å². The maximum atomic E-state index is 10.3. The summed E-state index contributed by atoms with van der Waals surface area (Å²) in [6, 6.07) is 0. The fourth-order valence-electron chi connectivity index (χ4n) is 2.81. The number of β-amino-alcohol motifs (C(OH)–C–C–N with tert-alkyl or cyclic N) is 1. The van der Waals surface area contributed by atoms with Crippen LogP contribution < -0.4 is 5.32 Å². The van der Waals surface area contributed by atoms with E-state index >= 15 is 0 Å². The summed E-state index contributed by atoms with van der Waals surface area (Å²) >= 11 is 0. The maximum absolute atomic E-state index is 10.3. The smallest absolute Gasteiger partial charge is 0.259 e. The number of hydrogen-bond donors (Lipinski definition) is 2. The second-order valence-corrected chi connectivity index (χ2v) is 5.25. The van der Waals surface area contributed by atoms with Gasteiger partial charge in [-0.1, -0.05) is 24.4 Å². The van der Waals surface area contributed by atoms with Gasteiger partial charge < -0.3 is 14.9 Å². The molecule has 1 atom stereocenters. The number of hydrogen-bond acceptors (Lipinski definition) is 5. The summed E-state index contributed by atoms with van der Waals surface area (Å²) in [5.41, 5.74) is -0.945. The molecule has 0 radical (unpaired) electrons. The summed E-state index contributed by atoms with van der Waals surface area (Å²) in [4.78, 5) is 4.42. The number of nitrogens with zero attached hydrogens (tertiary/aromatic N) is 2. The predicted octanol–water partition coefficient (Wildman–Crippen LogP) is 1.30. The van der Waals surface area contributed by atoms with E-state index in [1.807, 2.05) is 0 Å². The Labute approximate surface area is 101 Å². The van der Waals surface area contributed by atoms with Crippen LogP contribution in [0.2, 0.25) is 0 Å². The van der Waals surface area contributed by atoms with Crippen LogP contribution >= 0.6 is 0 Å². The van der Waals surface area contributed by atoms with Gasteiger partial charge in [-0.05, 0) is 25.8 Å². The fourth-order valence-corrected chi connectivity index (χ4v) is 2.81. The standard InChI is InChI=1S/C12H19N3O2/c16-12(6-7-13-8-12)11-14-10(15-17-11)9-4-2-1-3-5-9/h9,13,16H,1-8H2. The number of nitrogens with one attached hydrogen (secondary N) is 1. The van der Waals surface area contributed by atoms with Crippen LogP contribution in [0, 0.1) is 0 Å². The van der Waals surface area contributed by atoms with Crippen molar-refractivity contribution in [3.05, 3.63) is 11.7 Å². The Morgan fingerprint density at radius 1 is 1.29 bits per heavy atom. The Bertz CT molecular complexity index is 379. The van der Waals surface area contributed by atoms with Crippen molar-refractivity contribution < 1.29 is 9.63 Å². The Balaban J connectivity index is 1.77. The van der Waals surface area contributed by atoms with Crippen molar-refractivity contribution in [1.82, 2.24) is 15.5 Å². The summed E-state index contributed by atoms with van der Waals surface area (Å²) in [5, 5.41) is 17.5. The van der Waals surface area contributed by atoms with Crippen LogP contribution in [-0.4, -0.2) is 28.3 Å². The van der Waals surface area contributed by atoms with E-state index in [4.69, 9.17) is 4.52 Å². The highest BCUT2D eigenvalue weighted by molar-refractivity contribution is 5.06. The van der Waals surface area contributed by atoms with Crippen LogP contribution in [-0.2, 0) is 5.60 Å². The number of aromatic nitrogens is 2. The van der Waals surface area contributed by atoms with Gasteiger partial charge in [0.15, 0.2) is 11.4 Å². The lowest BCUT2D eigenvalue weighted by molar-refractivity contribution is 0.0243. The van der Waals surface area contributed by atoms with Crippen LogP contribution in [0.1, 0.15) is 56.2 Å². The van der Waals surface area contributed by atoms with Gasteiger partial charge in [0, 0.05) is 12.5 Å². The molecule has 1 saturated carbocycles. The molecular formula is C12H19N3O2. The van der Waals surface area contributed by atoms with E-state index in [1.165, 1.54) is 19.3 Å². The average Bonchev–Trinajstić information content (AvgIpc) is 2.99. The Hall–Kier alpha value is -0.940. The highest BCUT2D eigenvalue weighted by atomic mass is 16.5. The van der Waals surface area contributed by atoms with Crippen LogP contribution in [0.5, 0.6) is 0 Å². The van der Waals surface area contributed by atoms with Gasteiger partial charge >= 0.3 is 0 Å². The highest BCUT2D eigenvalue weighted by Gasteiger charge is 2.39. The van der Waals surface area contributed by atoms with Crippen molar-refractivity contribution in [2.24, 2.45) is 0 Å². The zero-order valence-corrected chi connectivity index (χ0v) is 9.98. The van der Waals surface area contributed by atoms with E-state index in [2.05, 4.69) is 15.5 Å². The molecule has 1 aromatic rings. The molecule has 1 aromatic heterocycles. The molecule has 3 rings (SSSR count). The third kappa shape index (κ3) is 2.09. The van der Waals surface area contributed by atoms with E-state index in [1.54, 1.807) is 0 Å². The van der Waals surface area contributed by atoms with Crippen molar-refractivity contribution >= 4 is 0 Å². The monoisotopic (exact) mass is 237 g/mol. The topological polar surface area (TPSA) is 71.2 Å². The summed E-state index contributed by atoms with van der Waals surface area (Å²) in [6.07, 6.45) is 6.76. The summed E-state index contributed by atoms with van der Waals surface area (Å²) in [6.45, 7) is 1.32. The first-order valence-electron chi connectivity index (χ1n) is 6.55. The van der Waals surface area contributed by atoms with Crippen LogP contribution in [0.15, 0.2) is 4.52 Å². The molecule has 0 spiro atoms. The minimum absolute atomic E-state index is 0.392. The van der Waals surface area contributed by atoms with Gasteiger partial charge in [0.25, 0.3) is 5.89 Å². The molecule has 17 heavy (non-hydrogen) atoms. The molecule has 0 aromatic carbocycles. The lowest BCUT2D eigenvalue weighted by Gasteiger charge is -2.18. The fraction of sp³-hybridized carbons (Fsp3) is 0.833. The van der Waals surface area contributed by atoms with Crippen LogP contribution in [0.25, 0.3) is 0 Å². The summed E-state index contributed by atoms with van der Waals surface area (Å²) < 4.78 is 5.25. The zero-order chi connectivity index (χ0) is 11.7. The predicted molar refractivity (Wildman–Crippen MR) is 61.5 cm³/mol. The van der Waals surface area contributed by atoms with Crippen molar-refractivity contribution in [2.45, 2.75) is 50.0 Å². The second-order valence-electron chi connectivity index (χ2n) is 5.25. The van der Waals surface area contributed by atoms with E-state index in [0.717, 1.165) is 25.2 Å². The average molecular weight is 237 g/mol.